The normalized spacial score (nSPS) is 11.1. The largest absolute Gasteiger partial charge is 0.354 e. The van der Waals surface area contributed by atoms with Gasteiger partial charge in [0.05, 0.1) is 0 Å². The lowest BCUT2D eigenvalue weighted by Gasteiger charge is -2.12. The van der Waals surface area contributed by atoms with Crippen LogP contribution in [0.4, 0.5) is 5.13 Å². The van der Waals surface area contributed by atoms with Crippen molar-refractivity contribution in [2.75, 3.05) is 25.5 Å². The molecule has 0 radical (unpaired) electrons. The molecule has 92 valence electrons. The van der Waals surface area contributed by atoms with E-state index in [9.17, 15) is 0 Å². The SMILES string of the molecule is CCC(CC)CNCc1cnc(N(C)C)s1. The first kappa shape index (κ1) is 13.5. The van der Waals surface area contributed by atoms with Crippen molar-refractivity contribution >= 4 is 16.5 Å². The average Bonchev–Trinajstić information content (AvgIpc) is 2.73. The summed E-state index contributed by atoms with van der Waals surface area (Å²) in [6.07, 6.45) is 4.49. The maximum Gasteiger partial charge on any atom is 0.185 e. The van der Waals surface area contributed by atoms with Crippen molar-refractivity contribution in [1.82, 2.24) is 10.3 Å². The van der Waals surface area contributed by atoms with Gasteiger partial charge in [-0.25, -0.2) is 4.98 Å². The third kappa shape index (κ3) is 4.10. The van der Waals surface area contributed by atoms with E-state index >= 15 is 0 Å². The highest BCUT2D eigenvalue weighted by molar-refractivity contribution is 7.15. The van der Waals surface area contributed by atoms with E-state index in [1.165, 1.54) is 17.7 Å². The molecule has 16 heavy (non-hydrogen) atoms. The lowest BCUT2D eigenvalue weighted by Crippen LogP contribution is -2.21. The van der Waals surface area contributed by atoms with E-state index in [2.05, 4.69) is 29.0 Å². The zero-order chi connectivity index (χ0) is 12.0. The van der Waals surface area contributed by atoms with Crippen molar-refractivity contribution in [2.45, 2.75) is 33.2 Å². The molecular weight excluding hydrogens is 218 g/mol. The van der Waals surface area contributed by atoms with Crippen LogP contribution >= 0.6 is 11.3 Å². The highest BCUT2D eigenvalue weighted by Crippen LogP contribution is 2.20. The predicted molar refractivity (Wildman–Crippen MR) is 72.2 cm³/mol. The van der Waals surface area contributed by atoms with E-state index < -0.39 is 0 Å². The Morgan fingerprint density at radius 2 is 2.06 bits per heavy atom. The minimum absolute atomic E-state index is 0.807. The van der Waals surface area contributed by atoms with E-state index in [0.29, 0.717) is 0 Å². The van der Waals surface area contributed by atoms with E-state index in [4.69, 9.17) is 0 Å². The van der Waals surface area contributed by atoms with Gasteiger partial charge in [0.25, 0.3) is 0 Å². The fourth-order valence-electron chi connectivity index (χ4n) is 1.56. The Kier molecular flexibility index (Phi) is 5.77. The maximum absolute atomic E-state index is 4.36. The van der Waals surface area contributed by atoms with E-state index in [1.54, 1.807) is 11.3 Å². The van der Waals surface area contributed by atoms with Gasteiger partial charge in [-0.3, -0.25) is 0 Å². The summed E-state index contributed by atoms with van der Waals surface area (Å²) in [7, 11) is 4.06. The van der Waals surface area contributed by atoms with Gasteiger partial charge in [-0.05, 0) is 12.5 Å². The second-order valence-electron chi connectivity index (χ2n) is 4.32. The van der Waals surface area contributed by atoms with Gasteiger partial charge in [0.1, 0.15) is 0 Å². The minimum Gasteiger partial charge on any atom is -0.354 e. The molecule has 0 aliphatic heterocycles. The number of hydrogen-bond acceptors (Lipinski definition) is 4. The molecule has 0 saturated carbocycles. The second kappa shape index (κ2) is 6.86. The standard InChI is InChI=1S/C12H23N3S/c1-5-10(6-2)7-13-8-11-9-14-12(16-11)15(3)4/h9-10,13H,5-8H2,1-4H3. The topological polar surface area (TPSA) is 28.2 Å². The molecule has 0 fully saturated rings. The van der Waals surface area contributed by atoms with Crippen molar-refractivity contribution in [3.8, 4) is 0 Å². The molecule has 0 unspecified atom stereocenters. The van der Waals surface area contributed by atoms with Crippen LogP contribution in [0.3, 0.4) is 0 Å². The Morgan fingerprint density at radius 1 is 1.38 bits per heavy atom. The summed E-state index contributed by atoms with van der Waals surface area (Å²) in [4.78, 5) is 7.72. The molecule has 3 nitrogen and oxygen atoms in total. The smallest absolute Gasteiger partial charge is 0.185 e. The Hall–Kier alpha value is -0.610. The number of thiazole rings is 1. The van der Waals surface area contributed by atoms with E-state index in [1.807, 2.05) is 20.3 Å². The van der Waals surface area contributed by atoms with Gasteiger partial charge in [-0.1, -0.05) is 26.7 Å². The average molecular weight is 241 g/mol. The van der Waals surface area contributed by atoms with E-state index in [0.717, 1.165) is 24.1 Å². The van der Waals surface area contributed by atoms with Gasteiger partial charge >= 0.3 is 0 Å². The number of rotatable bonds is 7. The molecule has 0 saturated heterocycles. The van der Waals surface area contributed by atoms with Crippen LogP contribution in [-0.4, -0.2) is 25.6 Å². The van der Waals surface area contributed by atoms with Crippen molar-refractivity contribution in [3.63, 3.8) is 0 Å². The highest BCUT2D eigenvalue weighted by atomic mass is 32.1. The van der Waals surface area contributed by atoms with Crippen molar-refractivity contribution in [1.29, 1.82) is 0 Å². The quantitative estimate of drug-likeness (QED) is 0.795. The number of anilines is 1. The van der Waals surface area contributed by atoms with Crippen LogP contribution in [0.15, 0.2) is 6.20 Å². The monoisotopic (exact) mass is 241 g/mol. The van der Waals surface area contributed by atoms with Gasteiger partial charge in [0.15, 0.2) is 5.13 Å². The molecule has 1 rings (SSSR count). The van der Waals surface area contributed by atoms with Crippen LogP contribution in [0.2, 0.25) is 0 Å². The number of aromatic nitrogens is 1. The Morgan fingerprint density at radius 3 is 2.56 bits per heavy atom. The molecule has 0 aliphatic rings. The van der Waals surface area contributed by atoms with E-state index in [-0.39, 0.29) is 0 Å². The molecule has 0 spiro atoms. The molecule has 4 heteroatoms. The zero-order valence-electron chi connectivity index (χ0n) is 10.8. The van der Waals surface area contributed by atoms with Gasteiger partial charge in [0.2, 0.25) is 0 Å². The van der Waals surface area contributed by atoms with Gasteiger partial charge in [0, 0.05) is 31.7 Å². The summed E-state index contributed by atoms with van der Waals surface area (Å²) in [5, 5.41) is 4.59. The van der Waals surface area contributed by atoms with Crippen molar-refractivity contribution < 1.29 is 0 Å². The first-order chi connectivity index (χ1) is 7.67. The number of nitrogens with one attached hydrogen (secondary N) is 1. The molecule has 0 amide bonds. The third-order valence-electron chi connectivity index (χ3n) is 2.81. The van der Waals surface area contributed by atoms with Gasteiger partial charge < -0.3 is 10.2 Å². The maximum atomic E-state index is 4.36. The van der Waals surface area contributed by atoms with Crippen LogP contribution in [0.1, 0.15) is 31.6 Å². The summed E-state index contributed by atoms with van der Waals surface area (Å²) >= 11 is 1.76. The zero-order valence-corrected chi connectivity index (χ0v) is 11.6. The fraction of sp³-hybridized carbons (Fsp3) is 0.750. The molecule has 0 aromatic carbocycles. The molecule has 0 aliphatic carbocycles. The second-order valence-corrected chi connectivity index (χ2v) is 5.41. The van der Waals surface area contributed by atoms with Crippen LogP contribution in [0.5, 0.6) is 0 Å². The van der Waals surface area contributed by atoms with Gasteiger partial charge in [-0.15, -0.1) is 11.3 Å². The van der Waals surface area contributed by atoms with Crippen LogP contribution in [0.25, 0.3) is 0 Å². The predicted octanol–water partition coefficient (Wildman–Crippen LogP) is 2.73. The lowest BCUT2D eigenvalue weighted by atomic mass is 10.0. The molecule has 1 aromatic rings. The molecule has 0 bridgehead atoms. The highest BCUT2D eigenvalue weighted by Gasteiger charge is 2.05. The van der Waals surface area contributed by atoms with Crippen molar-refractivity contribution in [2.24, 2.45) is 5.92 Å². The fourth-order valence-corrected chi connectivity index (χ4v) is 2.36. The summed E-state index contributed by atoms with van der Waals surface area (Å²) in [6.45, 7) is 6.57. The molecule has 1 heterocycles. The summed E-state index contributed by atoms with van der Waals surface area (Å²) < 4.78 is 0. The summed E-state index contributed by atoms with van der Waals surface area (Å²) in [5.41, 5.74) is 0. The first-order valence-electron chi connectivity index (χ1n) is 6.00. The summed E-state index contributed by atoms with van der Waals surface area (Å²) in [5.74, 6) is 0.807. The Labute approximate surface area is 103 Å². The Balaban J connectivity index is 2.31. The van der Waals surface area contributed by atoms with Crippen LogP contribution in [-0.2, 0) is 6.54 Å². The minimum atomic E-state index is 0.807. The lowest BCUT2D eigenvalue weighted by molar-refractivity contribution is 0.450. The third-order valence-corrected chi connectivity index (χ3v) is 3.98. The molecule has 1 aromatic heterocycles. The Bertz CT molecular complexity index is 292. The molecule has 1 N–H and O–H groups in total. The van der Waals surface area contributed by atoms with Gasteiger partial charge in [-0.2, -0.15) is 0 Å². The molecule has 0 atom stereocenters. The van der Waals surface area contributed by atoms with Crippen molar-refractivity contribution in [3.05, 3.63) is 11.1 Å². The summed E-state index contributed by atoms with van der Waals surface area (Å²) in [6, 6.07) is 0. The first-order valence-corrected chi connectivity index (χ1v) is 6.81. The van der Waals surface area contributed by atoms with Crippen LogP contribution in [0, 0.1) is 5.92 Å². The molecular formula is C12H23N3S. The number of nitrogens with zero attached hydrogens (tertiary/aromatic N) is 2. The number of hydrogen-bond donors (Lipinski definition) is 1. The van der Waals surface area contributed by atoms with Crippen LogP contribution < -0.4 is 10.2 Å².